The van der Waals surface area contributed by atoms with Crippen molar-refractivity contribution in [2.45, 2.75) is 6.04 Å². The number of hydrogen-bond acceptors (Lipinski definition) is 6. The molecule has 2 aromatic carbocycles. The van der Waals surface area contributed by atoms with Crippen LogP contribution in [0.2, 0.25) is 5.02 Å². The molecule has 154 valence electrons. The number of halogens is 1. The van der Waals surface area contributed by atoms with Gasteiger partial charge >= 0.3 is 0 Å². The average molecular weight is 435 g/mol. The Labute approximate surface area is 182 Å². The molecule has 0 aliphatic carbocycles. The first-order chi connectivity index (χ1) is 15.0. The van der Waals surface area contributed by atoms with Gasteiger partial charge in [-0.15, -0.1) is 0 Å². The van der Waals surface area contributed by atoms with Gasteiger partial charge in [0.05, 0.1) is 35.6 Å². The first-order valence-corrected chi connectivity index (χ1v) is 9.52. The van der Waals surface area contributed by atoms with Crippen LogP contribution in [0.3, 0.4) is 0 Å². The molecule has 8 heteroatoms. The fraction of sp³-hybridized carbons (Fsp3) is 0.0870. The van der Waals surface area contributed by atoms with E-state index in [1.54, 1.807) is 30.3 Å². The second-order valence-corrected chi connectivity index (χ2v) is 7.10. The highest BCUT2D eigenvalue weighted by molar-refractivity contribution is 6.51. The average Bonchev–Trinajstić information content (AvgIpc) is 3.41. The van der Waals surface area contributed by atoms with Crippen molar-refractivity contribution >= 4 is 34.7 Å². The maximum atomic E-state index is 13.0. The van der Waals surface area contributed by atoms with Crippen molar-refractivity contribution in [2.75, 3.05) is 12.0 Å². The summed E-state index contributed by atoms with van der Waals surface area (Å²) < 4.78 is 10.7. The number of ether oxygens (including phenoxy) is 1. The van der Waals surface area contributed by atoms with Crippen LogP contribution in [-0.4, -0.2) is 23.9 Å². The Bertz CT molecular complexity index is 1240. The minimum Gasteiger partial charge on any atom is -0.507 e. The van der Waals surface area contributed by atoms with E-state index in [1.807, 2.05) is 6.07 Å². The predicted octanol–water partition coefficient (Wildman–Crippen LogP) is 4.44. The normalized spacial score (nSPS) is 17.6. The lowest BCUT2D eigenvalue weighted by molar-refractivity contribution is -0.132. The van der Waals surface area contributed by atoms with Gasteiger partial charge in [0.15, 0.2) is 0 Å². The maximum Gasteiger partial charge on any atom is 0.300 e. The van der Waals surface area contributed by atoms with Gasteiger partial charge in [-0.1, -0.05) is 11.6 Å². The number of rotatable bonds is 4. The highest BCUT2D eigenvalue weighted by atomic mass is 35.5. The summed E-state index contributed by atoms with van der Waals surface area (Å²) in [6.07, 6.45) is 1.41. The Balaban J connectivity index is 1.93. The van der Waals surface area contributed by atoms with E-state index in [4.69, 9.17) is 26.0 Å². The largest absolute Gasteiger partial charge is 0.507 e. The van der Waals surface area contributed by atoms with Crippen molar-refractivity contribution < 1.29 is 23.8 Å². The molecular formula is C23H15ClN2O5. The van der Waals surface area contributed by atoms with Crippen LogP contribution < -0.4 is 9.64 Å². The monoisotopic (exact) mass is 434 g/mol. The molecule has 1 aliphatic heterocycles. The molecule has 1 saturated heterocycles. The number of carbonyl (C=O) groups excluding carboxylic acids is 2. The van der Waals surface area contributed by atoms with E-state index in [0.717, 1.165) is 0 Å². The number of carbonyl (C=O) groups is 2. The van der Waals surface area contributed by atoms with E-state index < -0.39 is 23.5 Å². The molecule has 0 spiro atoms. The molecule has 1 aromatic heterocycles. The number of anilines is 1. The number of ketones is 1. The van der Waals surface area contributed by atoms with Crippen LogP contribution in [0.15, 0.2) is 70.9 Å². The predicted molar refractivity (Wildman–Crippen MR) is 113 cm³/mol. The molecule has 1 atom stereocenters. The Morgan fingerprint density at radius 2 is 1.94 bits per heavy atom. The number of furan rings is 1. The van der Waals surface area contributed by atoms with Crippen LogP contribution in [0.5, 0.6) is 5.75 Å². The van der Waals surface area contributed by atoms with Gasteiger partial charge in [-0.05, 0) is 54.6 Å². The number of aliphatic hydroxyl groups excluding tert-OH is 1. The Morgan fingerprint density at radius 1 is 1.19 bits per heavy atom. The fourth-order valence-corrected chi connectivity index (χ4v) is 3.68. The van der Waals surface area contributed by atoms with E-state index >= 15 is 0 Å². The lowest BCUT2D eigenvalue weighted by Crippen LogP contribution is -2.29. The quantitative estimate of drug-likeness (QED) is 0.370. The number of amides is 1. The molecular weight excluding hydrogens is 420 g/mol. The molecule has 3 aromatic rings. The SMILES string of the molecule is COc1ccc(Cl)c(/C(O)=C2/C(=O)C(=O)N(c3ccc(C#N)cc3)C2c2ccco2)c1. The molecule has 0 bridgehead atoms. The smallest absolute Gasteiger partial charge is 0.300 e. The van der Waals surface area contributed by atoms with Crippen molar-refractivity contribution in [3.05, 3.63) is 88.3 Å². The number of methoxy groups -OCH3 is 1. The Hall–Kier alpha value is -4.02. The molecule has 31 heavy (non-hydrogen) atoms. The molecule has 7 nitrogen and oxygen atoms in total. The second kappa shape index (κ2) is 8.01. The van der Waals surface area contributed by atoms with E-state index in [9.17, 15) is 14.7 Å². The molecule has 1 N–H and O–H groups in total. The molecule has 0 saturated carbocycles. The number of Topliss-reactive ketones (excluding diaryl/α,β-unsaturated/α-hetero) is 1. The van der Waals surface area contributed by atoms with Gasteiger partial charge in [-0.25, -0.2) is 0 Å². The summed E-state index contributed by atoms with van der Waals surface area (Å²) in [5.41, 5.74) is 0.756. The first kappa shape index (κ1) is 20.3. The van der Waals surface area contributed by atoms with Gasteiger partial charge < -0.3 is 14.3 Å². The van der Waals surface area contributed by atoms with Gasteiger partial charge in [-0.2, -0.15) is 5.26 Å². The molecule has 4 rings (SSSR count). The minimum atomic E-state index is -1.02. The van der Waals surface area contributed by atoms with Crippen LogP contribution in [0.1, 0.15) is 22.9 Å². The summed E-state index contributed by atoms with van der Waals surface area (Å²) in [6.45, 7) is 0. The van der Waals surface area contributed by atoms with Crippen LogP contribution in [0.25, 0.3) is 5.76 Å². The summed E-state index contributed by atoms with van der Waals surface area (Å²) >= 11 is 6.26. The number of nitrogens with zero attached hydrogens (tertiary/aromatic N) is 2. The van der Waals surface area contributed by atoms with Crippen molar-refractivity contribution in [1.82, 2.24) is 0 Å². The standard InChI is InChI=1S/C23H15ClN2O5/c1-30-15-8-9-17(24)16(11-15)21(27)19-20(18-3-2-10-31-18)26(23(29)22(19)28)14-6-4-13(12-25)5-7-14/h2-11,20,27H,1H3/b21-19-. The van der Waals surface area contributed by atoms with Crippen molar-refractivity contribution in [2.24, 2.45) is 0 Å². The van der Waals surface area contributed by atoms with E-state index in [0.29, 0.717) is 17.0 Å². The lowest BCUT2D eigenvalue weighted by atomic mass is 9.99. The maximum absolute atomic E-state index is 13.0. The Morgan fingerprint density at radius 3 is 2.55 bits per heavy atom. The van der Waals surface area contributed by atoms with Crippen LogP contribution in [-0.2, 0) is 9.59 Å². The summed E-state index contributed by atoms with van der Waals surface area (Å²) in [7, 11) is 1.46. The summed E-state index contributed by atoms with van der Waals surface area (Å²) in [5, 5.41) is 20.3. The third kappa shape index (κ3) is 3.43. The van der Waals surface area contributed by atoms with Gasteiger partial charge in [-0.3, -0.25) is 14.5 Å². The van der Waals surface area contributed by atoms with Crippen molar-refractivity contribution in [3.63, 3.8) is 0 Å². The van der Waals surface area contributed by atoms with E-state index in [-0.39, 0.29) is 21.9 Å². The number of nitriles is 1. The van der Waals surface area contributed by atoms with E-state index in [1.165, 1.54) is 42.5 Å². The second-order valence-electron chi connectivity index (χ2n) is 6.69. The molecule has 1 aliphatic rings. The summed E-state index contributed by atoms with van der Waals surface area (Å²) in [5.74, 6) is -1.47. The van der Waals surface area contributed by atoms with Crippen molar-refractivity contribution in [3.8, 4) is 11.8 Å². The number of benzene rings is 2. The molecule has 1 unspecified atom stereocenters. The zero-order valence-corrected chi connectivity index (χ0v) is 17.0. The Kier molecular flexibility index (Phi) is 5.24. The van der Waals surface area contributed by atoms with Gasteiger partial charge in [0.2, 0.25) is 0 Å². The first-order valence-electron chi connectivity index (χ1n) is 9.14. The highest BCUT2D eigenvalue weighted by Crippen LogP contribution is 2.43. The molecule has 1 amide bonds. The van der Waals surface area contributed by atoms with E-state index in [2.05, 4.69) is 0 Å². The minimum absolute atomic E-state index is 0.149. The van der Waals surface area contributed by atoms with Gasteiger partial charge in [0.1, 0.15) is 23.3 Å². The van der Waals surface area contributed by atoms with Crippen molar-refractivity contribution in [1.29, 1.82) is 5.26 Å². The van der Waals surface area contributed by atoms with Crippen LogP contribution >= 0.6 is 11.6 Å². The highest BCUT2D eigenvalue weighted by Gasteiger charge is 2.48. The summed E-state index contributed by atoms with van der Waals surface area (Å²) in [4.78, 5) is 27.2. The lowest BCUT2D eigenvalue weighted by Gasteiger charge is -2.23. The van der Waals surface area contributed by atoms with Crippen LogP contribution in [0.4, 0.5) is 5.69 Å². The van der Waals surface area contributed by atoms with Gasteiger partial charge in [0, 0.05) is 11.3 Å². The van der Waals surface area contributed by atoms with Crippen LogP contribution in [0, 0.1) is 11.3 Å². The molecule has 1 fully saturated rings. The third-order valence-electron chi connectivity index (χ3n) is 4.96. The summed E-state index contributed by atoms with van der Waals surface area (Å²) in [6, 6.07) is 15.0. The molecule has 2 heterocycles. The molecule has 0 radical (unpaired) electrons. The zero-order valence-electron chi connectivity index (χ0n) is 16.2. The topological polar surface area (TPSA) is 104 Å². The number of hydrogen-bond donors (Lipinski definition) is 1. The third-order valence-corrected chi connectivity index (χ3v) is 5.29. The zero-order chi connectivity index (χ0) is 22.1. The van der Waals surface area contributed by atoms with Gasteiger partial charge in [0.25, 0.3) is 11.7 Å². The fourth-order valence-electron chi connectivity index (χ4n) is 3.47. The number of aliphatic hydroxyl groups is 1.